The summed E-state index contributed by atoms with van der Waals surface area (Å²) in [5.41, 5.74) is 0. The third kappa shape index (κ3) is 3.99. The number of nitrogens with zero attached hydrogens (tertiary/aromatic N) is 1. The molecule has 0 aliphatic carbocycles. The van der Waals surface area contributed by atoms with E-state index in [1.54, 1.807) is 4.90 Å². The number of hydrogen-bond donors (Lipinski definition) is 1. The molecule has 1 N–H and O–H groups in total. The second-order valence-electron chi connectivity index (χ2n) is 4.50. The average molecular weight is 224 g/mol. The van der Waals surface area contributed by atoms with Crippen LogP contribution in [-0.2, 0) is 0 Å². The minimum absolute atomic E-state index is 0.0240. The zero-order valence-electron chi connectivity index (χ0n) is 9.27. The van der Waals surface area contributed by atoms with Crippen LogP contribution in [0.25, 0.3) is 0 Å². The second kappa shape index (κ2) is 5.16. The fourth-order valence-electron chi connectivity index (χ4n) is 1.94. The number of halogens is 3. The van der Waals surface area contributed by atoms with Crippen LogP contribution in [0.15, 0.2) is 0 Å². The summed E-state index contributed by atoms with van der Waals surface area (Å²) in [6.07, 6.45) is -3.33. The summed E-state index contributed by atoms with van der Waals surface area (Å²) < 4.78 is 38.2. The predicted octanol–water partition coefficient (Wildman–Crippen LogP) is 1.87. The summed E-state index contributed by atoms with van der Waals surface area (Å²) in [7, 11) is 0. The van der Waals surface area contributed by atoms with Gasteiger partial charge in [0.25, 0.3) is 0 Å². The maximum atomic E-state index is 12.7. The average Bonchev–Trinajstić information content (AvgIpc) is 2.27. The summed E-state index contributed by atoms with van der Waals surface area (Å²) in [6, 6.07) is -1.32. The molecular formula is C10H19F3N2. The van der Waals surface area contributed by atoms with E-state index in [2.05, 4.69) is 5.32 Å². The molecule has 1 atom stereocenters. The van der Waals surface area contributed by atoms with E-state index in [1.165, 1.54) is 0 Å². The van der Waals surface area contributed by atoms with E-state index in [0.29, 0.717) is 19.6 Å². The standard InChI is InChI=1S/C10H19F3N2/c1-8(2)7-15-5-3-4-14-6-9(15)10(11,12)13/h8-9,14H,3-7H2,1-2H3. The second-order valence-corrected chi connectivity index (χ2v) is 4.50. The first-order valence-electron chi connectivity index (χ1n) is 5.42. The maximum Gasteiger partial charge on any atom is 0.405 e. The normalized spacial score (nSPS) is 25.6. The highest BCUT2D eigenvalue weighted by Gasteiger charge is 2.43. The van der Waals surface area contributed by atoms with Gasteiger partial charge in [-0.25, -0.2) is 0 Å². The minimum Gasteiger partial charge on any atom is -0.315 e. The van der Waals surface area contributed by atoms with Gasteiger partial charge in [0, 0.05) is 19.6 Å². The Morgan fingerprint density at radius 3 is 2.60 bits per heavy atom. The van der Waals surface area contributed by atoms with Crippen LogP contribution in [0.1, 0.15) is 20.3 Å². The fraction of sp³-hybridized carbons (Fsp3) is 1.00. The molecule has 0 aromatic rings. The van der Waals surface area contributed by atoms with Crippen molar-refractivity contribution in [3.63, 3.8) is 0 Å². The van der Waals surface area contributed by atoms with Crippen molar-refractivity contribution >= 4 is 0 Å². The van der Waals surface area contributed by atoms with E-state index in [4.69, 9.17) is 0 Å². The van der Waals surface area contributed by atoms with Gasteiger partial charge in [-0.1, -0.05) is 13.8 Å². The van der Waals surface area contributed by atoms with Crippen LogP contribution in [0.4, 0.5) is 13.2 Å². The first-order valence-corrected chi connectivity index (χ1v) is 5.42. The van der Waals surface area contributed by atoms with Gasteiger partial charge >= 0.3 is 6.18 Å². The van der Waals surface area contributed by atoms with Crippen molar-refractivity contribution in [1.29, 1.82) is 0 Å². The van der Waals surface area contributed by atoms with E-state index in [0.717, 1.165) is 6.42 Å². The Labute approximate surface area is 88.8 Å². The molecule has 15 heavy (non-hydrogen) atoms. The molecule has 1 saturated heterocycles. The van der Waals surface area contributed by atoms with Crippen molar-refractivity contribution in [3.05, 3.63) is 0 Å². The van der Waals surface area contributed by atoms with Gasteiger partial charge in [0.1, 0.15) is 6.04 Å². The van der Waals surface area contributed by atoms with E-state index >= 15 is 0 Å². The summed E-state index contributed by atoms with van der Waals surface area (Å²) in [5, 5.41) is 2.85. The highest BCUT2D eigenvalue weighted by molar-refractivity contribution is 4.84. The molecule has 1 aliphatic rings. The van der Waals surface area contributed by atoms with Crippen molar-refractivity contribution in [2.24, 2.45) is 5.92 Å². The fourth-order valence-corrected chi connectivity index (χ4v) is 1.94. The van der Waals surface area contributed by atoms with Gasteiger partial charge in [0.2, 0.25) is 0 Å². The summed E-state index contributed by atoms with van der Waals surface area (Å²) in [5.74, 6) is 0.271. The molecule has 1 heterocycles. The SMILES string of the molecule is CC(C)CN1CCCNCC1C(F)(F)F. The van der Waals surface area contributed by atoms with E-state index < -0.39 is 12.2 Å². The number of nitrogens with one attached hydrogen (secondary N) is 1. The van der Waals surface area contributed by atoms with Crippen LogP contribution in [0, 0.1) is 5.92 Å². The van der Waals surface area contributed by atoms with Crippen molar-refractivity contribution in [3.8, 4) is 0 Å². The van der Waals surface area contributed by atoms with Crippen molar-refractivity contribution in [1.82, 2.24) is 10.2 Å². The first kappa shape index (κ1) is 12.8. The molecule has 0 spiro atoms. The molecule has 0 bridgehead atoms. The van der Waals surface area contributed by atoms with Crippen LogP contribution in [-0.4, -0.2) is 43.3 Å². The van der Waals surface area contributed by atoms with Crippen LogP contribution in [0.3, 0.4) is 0 Å². The van der Waals surface area contributed by atoms with Crippen LogP contribution in [0.5, 0.6) is 0 Å². The first-order chi connectivity index (χ1) is 6.91. The Balaban J connectivity index is 2.67. The van der Waals surface area contributed by atoms with Gasteiger partial charge in [-0.05, 0) is 18.9 Å². The molecule has 1 unspecified atom stereocenters. The summed E-state index contributed by atoms with van der Waals surface area (Å²) in [4.78, 5) is 1.56. The molecule has 0 saturated carbocycles. The third-order valence-electron chi connectivity index (χ3n) is 2.55. The zero-order valence-corrected chi connectivity index (χ0v) is 9.27. The lowest BCUT2D eigenvalue weighted by Crippen LogP contribution is -2.50. The molecule has 0 amide bonds. The van der Waals surface area contributed by atoms with E-state index in [9.17, 15) is 13.2 Å². The van der Waals surface area contributed by atoms with Gasteiger partial charge in [-0.2, -0.15) is 13.2 Å². The van der Waals surface area contributed by atoms with Gasteiger partial charge in [-0.15, -0.1) is 0 Å². The van der Waals surface area contributed by atoms with Crippen LogP contribution >= 0.6 is 0 Å². The van der Waals surface area contributed by atoms with E-state index in [1.807, 2.05) is 13.8 Å². The zero-order chi connectivity index (χ0) is 11.5. The molecule has 90 valence electrons. The molecule has 1 rings (SSSR count). The molecule has 1 fully saturated rings. The quantitative estimate of drug-likeness (QED) is 0.770. The molecule has 0 aromatic heterocycles. The van der Waals surface area contributed by atoms with Crippen molar-refractivity contribution in [2.75, 3.05) is 26.2 Å². The lowest BCUT2D eigenvalue weighted by atomic mass is 10.1. The topological polar surface area (TPSA) is 15.3 Å². The Morgan fingerprint density at radius 1 is 1.40 bits per heavy atom. The minimum atomic E-state index is -4.12. The number of alkyl halides is 3. The highest BCUT2D eigenvalue weighted by Crippen LogP contribution is 2.26. The smallest absolute Gasteiger partial charge is 0.315 e. The Morgan fingerprint density at radius 2 is 2.07 bits per heavy atom. The maximum absolute atomic E-state index is 12.7. The summed E-state index contributed by atoms with van der Waals surface area (Å²) >= 11 is 0. The Bertz CT molecular complexity index is 192. The lowest BCUT2D eigenvalue weighted by molar-refractivity contribution is -0.181. The highest BCUT2D eigenvalue weighted by atomic mass is 19.4. The molecule has 2 nitrogen and oxygen atoms in total. The number of hydrogen-bond acceptors (Lipinski definition) is 2. The van der Waals surface area contributed by atoms with Crippen LogP contribution < -0.4 is 5.32 Å². The molecular weight excluding hydrogens is 205 g/mol. The Hall–Kier alpha value is -0.290. The molecule has 0 radical (unpaired) electrons. The largest absolute Gasteiger partial charge is 0.405 e. The molecule has 1 aliphatic heterocycles. The van der Waals surface area contributed by atoms with E-state index in [-0.39, 0.29) is 12.5 Å². The van der Waals surface area contributed by atoms with Gasteiger partial charge in [0.15, 0.2) is 0 Å². The predicted molar refractivity (Wildman–Crippen MR) is 53.7 cm³/mol. The van der Waals surface area contributed by atoms with Gasteiger partial charge in [-0.3, -0.25) is 4.90 Å². The monoisotopic (exact) mass is 224 g/mol. The third-order valence-corrected chi connectivity index (χ3v) is 2.55. The van der Waals surface area contributed by atoms with Crippen molar-refractivity contribution in [2.45, 2.75) is 32.5 Å². The van der Waals surface area contributed by atoms with Gasteiger partial charge in [0.05, 0.1) is 0 Å². The molecule has 5 heteroatoms. The summed E-state index contributed by atoms with van der Waals surface area (Å²) in [6.45, 7) is 5.66. The number of rotatable bonds is 2. The van der Waals surface area contributed by atoms with Crippen molar-refractivity contribution < 1.29 is 13.2 Å². The van der Waals surface area contributed by atoms with Crippen LogP contribution in [0.2, 0.25) is 0 Å². The lowest BCUT2D eigenvalue weighted by Gasteiger charge is -2.32. The van der Waals surface area contributed by atoms with Gasteiger partial charge < -0.3 is 5.32 Å². The Kier molecular flexibility index (Phi) is 4.40. The molecule has 0 aromatic carbocycles.